The van der Waals surface area contributed by atoms with Crippen LogP contribution in [0.1, 0.15) is 51.0 Å². The van der Waals surface area contributed by atoms with E-state index in [9.17, 15) is 4.79 Å². The lowest BCUT2D eigenvalue weighted by Crippen LogP contribution is -2.47. The highest BCUT2D eigenvalue weighted by Crippen LogP contribution is 2.22. The summed E-state index contributed by atoms with van der Waals surface area (Å²) in [5.41, 5.74) is 1.45. The van der Waals surface area contributed by atoms with Crippen molar-refractivity contribution in [2.24, 2.45) is 10.9 Å². The molecule has 1 N–H and O–H groups in total. The normalized spacial score (nSPS) is 19.9. The number of aliphatic imine (C=N–C) groups is 1. The molecule has 3 rings (SSSR count). The Kier molecular flexibility index (Phi) is 7.75. The minimum Gasteiger partial charge on any atom is -0.356 e. The number of carbonyl (C=O) groups excluding carboxylic acids is 1. The van der Waals surface area contributed by atoms with E-state index in [4.69, 9.17) is 0 Å². The standard InChI is InChI=1S/C23H36N4O/c1-3-21(27-15-7-10-22(27)28)11-14-25-23(24-2)26-16-12-20(13-17-26)18-19-8-5-4-6-9-19/h4-6,8-9,20-21H,3,7,10-18H2,1-2H3,(H,24,25). The average molecular weight is 385 g/mol. The Balaban J connectivity index is 1.41. The fourth-order valence-electron chi connectivity index (χ4n) is 4.61. The van der Waals surface area contributed by atoms with E-state index < -0.39 is 0 Å². The molecule has 2 fully saturated rings. The third-order valence-corrected chi connectivity index (χ3v) is 6.28. The van der Waals surface area contributed by atoms with Crippen molar-refractivity contribution in [1.29, 1.82) is 0 Å². The van der Waals surface area contributed by atoms with Crippen LogP contribution in [0.3, 0.4) is 0 Å². The lowest BCUT2D eigenvalue weighted by molar-refractivity contribution is -0.129. The van der Waals surface area contributed by atoms with Crippen molar-refractivity contribution in [2.45, 2.75) is 57.9 Å². The molecule has 0 bridgehead atoms. The van der Waals surface area contributed by atoms with Crippen LogP contribution in [0.4, 0.5) is 0 Å². The molecule has 28 heavy (non-hydrogen) atoms. The van der Waals surface area contributed by atoms with Crippen molar-refractivity contribution in [3.63, 3.8) is 0 Å². The Morgan fingerprint density at radius 2 is 1.96 bits per heavy atom. The maximum atomic E-state index is 12.0. The molecule has 2 heterocycles. The van der Waals surface area contributed by atoms with Gasteiger partial charge >= 0.3 is 0 Å². The smallest absolute Gasteiger partial charge is 0.222 e. The van der Waals surface area contributed by atoms with Gasteiger partial charge in [0.2, 0.25) is 5.91 Å². The van der Waals surface area contributed by atoms with E-state index in [1.54, 1.807) is 0 Å². The minimum atomic E-state index is 0.330. The molecular weight excluding hydrogens is 348 g/mol. The van der Waals surface area contributed by atoms with Gasteiger partial charge in [-0.3, -0.25) is 9.79 Å². The van der Waals surface area contributed by atoms with Crippen molar-refractivity contribution < 1.29 is 4.79 Å². The predicted molar refractivity (Wildman–Crippen MR) is 115 cm³/mol. The fraction of sp³-hybridized carbons (Fsp3) is 0.652. The summed E-state index contributed by atoms with van der Waals surface area (Å²) in [5, 5.41) is 3.54. The lowest BCUT2D eigenvalue weighted by Gasteiger charge is -2.35. The van der Waals surface area contributed by atoms with Crippen LogP contribution in [0.2, 0.25) is 0 Å². The van der Waals surface area contributed by atoms with Crippen molar-refractivity contribution >= 4 is 11.9 Å². The van der Waals surface area contributed by atoms with Gasteiger partial charge in [0.05, 0.1) is 0 Å². The first-order valence-electron chi connectivity index (χ1n) is 11.0. The van der Waals surface area contributed by atoms with Crippen LogP contribution in [-0.4, -0.2) is 60.9 Å². The number of carbonyl (C=O) groups is 1. The first-order valence-corrected chi connectivity index (χ1v) is 11.0. The van der Waals surface area contributed by atoms with E-state index in [0.29, 0.717) is 11.9 Å². The molecule has 2 aliphatic heterocycles. The molecule has 2 saturated heterocycles. The number of benzene rings is 1. The van der Waals surface area contributed by atoms with E-state index in [0.717, 1.165) is 63.7 Å². The third kappa shape index (κ3) is 5.49. The minimum absolute atomic E-state index is 0.330. The molecule has 1 atom stereocenters. The second-order valence-electron chi connectivity index (χ2n) is 8.14. The molecule has 5 heteroatoms. The van der Waals surface area contributed by atoms with E-state index in [1.807, 2.05) is 7.05 Å². The van der Waals surface area contributed by atoms with E-state index in [1.165, 1.54) is 24.8 Å². The van der Waals surface area contributed by atoms with Crippen molar-refractivity contribution in [3.8, 4) is 0 Å². The number of rotatable bonds is 7. The summed E-state index contributed by atoms with van der Waals surface area (Å²) in [6.07, 6.45) is 7.38. The average Bonchev–Trinajstić information content (AvgIpc) is 3.16. The molecule has 0 radical (unpaired) electrons. The summed E-state index contributed by atoms with van der Waals surface area (Å²) in [7, 11) is 1.87. The van der Waals surface area contributed by atoms with E-state index >= 15 is 0 Å². The first kappa shape index (κ1) is 20.7. The van der Waals surface area contributed by atoms with Gasteiger partial charge in [-0.1, -0.05) is 37.3 Å². The van der Waals surface area contributed by atoms with Gasteiger partial charge in [0, 0.05) is 45.7 Å². The Bertz CT molecular complexity index is 637. The third-order valence-electron chi connectivity index (χ3n) is 6.28. The van der Waals surface area contributed by atoms with Gasteiger partial charge < -0.3 is 15.1 Å². The zero-order chi connectivity index (χ0) is 19.8. The Hall–Kier alpha value is -2.04. The van der Waals surface area contributed by atoms with Gasteiger partial charge in [-0.25, -0.2) is 0 Å². The highest BCUT2D eigenvalue weighted by atomic mass is 16.2. The highest BCUT2D eigenvalue weighted by Gasteiger charge is 2.27. The maximum absolute atomic E-state index is 12.0. The van der Waals surface area contributed by atoms with Crippen LogP contribution in [0.15, 0.2) is 35.3 Å². The molecule has 0 aliphatic carbocycles. The largest absolute Gasteiger partial charge is 0.356 e. The van der Waals surface area contributed by atoms with Gasteiger partial charge in [0.15, 0.2) is 5.96 Å². The zero-order valence-electron chi connectivity index (χ0n) is 17.6. The summed E-state index contributed by atoms with van der Waals surface area (Å²) in [4.78, 5) is 21.0. The number of hydrogen-bond donors (Lipinski definition) is 1. The molecule has 0 saturated carbocycles. The Morgan fingerprint density at radius 3 is 2.57 bits per heavy atom. The van der Waals surface area contributed by atoms with Gasteiger partial charge in [0.1, 0.15) is 0 Å². The van der Waals surface area contributed by atoms with Crippen LogP contribution in [0.5, 0.6) is 0 Å². The summed E-state index contributed by atoms with van der Waals surface area (Å²) in [6, 6.07) is 11.2. The number of amides is 1. The molecule has 0 aromatic heterocycles. The molecule has 1 aromatic rings. The SMILES string of the molecule is CCC(CCNC(=NC)N1CCC(Cc2ccccc2)CC1)N1CCCC1=O. The zero-order valence-corrected chi connectivity index (χ0v) is 17.6. The van der Waals surface area contributed by atoms with Crippen LogP contribution >= 0.6 is 0 Å². The second-order valence-corrected chi connectivity index (χ2v) is 8.14. The number of nitrogens with zero attached hydrogens (tertiary/aromatic N) is 3. The number of hydrogen-bond acceptors (Lipinski definition) is 2. The molecule has 5 nitrogen and oxygen atoms in total. The molecular formula is C23H36N4O. The molecule has 1 aromatic carbocycles. The summed E-state index contributed by atoms with van der Waals surface area (Å²) in [6.45, 7) is 6.13. The van der Waals surface area contributed by atoms with Crippen LogP contribution in [-0.2, 0) is 11.2 Å². The predicted octanol–water partition coefficient (Wildman–Crippen LogP) is 3.31. The van der Waals surface area contributed by atoms with E-state index in [-0.39, 0.29) is 0 Å². The van der Waals surface area contributed by atoms with Crippen molar-refractivity contribution in [3.05, 3.63) is 35.9 Å². The maximum Gasteiger partial charge on any atom is 0.222 e. The van der Waals surface area contributed by atoms with Crippen molar-refractivity contribution in [2.75, 3.05) is 33.2 Å². The molecule has 2 aliphatic rings. The van der Waals surface area contributed by atoms with Gasteiger partial charge in [-0.2, -0.15) is 0 Å². The summed E-state index contributed by atoms with van der Waals surface area (Å²) < 4.78 is 0. The fourth-order valence-corrected chi connectivity index (χ4v) is 4.61. The number of guanidine groups is 1. The van der Waals surface area contributed by atoms with Gasteiger partial charge in [-0.05, 0) is 50.0 Å². The highest BCUT2D eigenvalue weighted by molar-refractivity contribution is 5.80. The Morgan fingerprint density at radius 1 is 1.21 bits per heavy atom. The summed E-state index contributed by atoms with van der Waals surface area (Å²) in [5.74, 6) is 2.11. The topological polar surface area (TPSA) is 47.9 Å². The molecule has 154 valence electrons. The summed E-state index contributed by atoms with van der Waals surface area (Å²) >= 11 is 0. The number of likely N-dealkylation sites (tertiary alicyclic amines) is 2. The monoisotopic (exact) mass is 384 g/mol. The van der Waals surface area contributed by atoms with Gasteiger partial charge in [-0.15, -0.1) is 0 Å². The molecule has 0 spiro atoms. The number of nitrogens with one attached hydrogen (secondary N) is 1. The van der Waals surface area contributed by atoms with Crippen LogP contribution in [0.25, 0.3) is 0 Å². The molecule has 1 unspecified atom stereocenters. The lowest BCUT2D eigenvalue weighted by atomic mass is 9.90. The second kappa shape index (κ2) is 10.5. The number of piperidine rings is 1. The van der Waals surface area contributed by atoms with E-state index in [2.05, 4.69) is 57.4 Å². The van der Waals surface area contributed by atoms with Crippen LogP contribution in [0, 0.1) is 5.92 Å². The first-order chi connectivity index (χ1) is 13.7. The molecule has 1 amide bonds. The van der Waals surface area contributed by atoms with Gasteiger partial charge in [0.25, 0.3) is 0 Å². The quantitative estimate of drug-likeness (QED) is 0.580. The van der Waals surface area contributed by atoms with Crippen LogP contribution < -0.4 is 5.32 Å². The van der Waals surface area contributed by atoms with Crippen molar-refractivity contribution in [1.82, 2.24) is 15.1 Å². The Labute approximate surface area is 170 Å².